The lowest BCUT2D eigenvalue weighted by Gasteiger charge is -2.43. The number of likely N-dealkylation sites (N-methyl/N-ethyl adjacent to an activating group) is 1. The van der Waals surface area contributed by atoms with Crippen molar-refractivity contribution in [2.45, 2.75) is 51.1 Å². The maximum atomic E-state index is 12.4. The number of rotatable bonds is 8. The first kappa shape index (κ1) is 19.9. The Hall–Kier alpha value is -1.43. The van der Waals surface area contributed by atoms with E-state index in [2.05, 4.69) is 49.5 Å². The van der Waals surface area contributed by atoms with Crippen LogP contribution >= 0.6 is 0 Å². The Labute approximate surface area is 152 Å². The molecule has 1 saturated heterocycles. The maximum Gasteiger partial charge on any atom is 0.225 e. The van der Waals surface area contributed by atoms with E-state index in [4.69, 9.17) is 4.74 Å². The molecule has 0 spiro atoms. The van der Waals surface area contributed by atoms with Crippen LogP contribution in [-0.2, 0) is 16.0 Å². The van der Waals surface area contributed by atoms with Gasteiger partial charge in [0.05, 0.1) is 0 Å². The number of benzene rings is 1. The second-order valence-corrected chi connectivity index (χ2v) is 7.28. The zero-order valence-electron chi connectivity index (χ0n) is 16.1. The first-order chi connectivity index (χ1) is 12.0. The fourth-order valence-electron chi connectivity index (χ4n) is 3.40. The van der Waals surface area contributed by atoms with Gasteiger partial charge < -0.3 is 20.3 Å². The number of carbonyl (C=O) groups excluding carboxylic acids is 1. The zero-order chi connectivity index (χ0) is 18.3. The zero-order valence-corrected chi connectivity index (χ0v) is 16.1. The second kappa shape index (κ2) is 9.32. The van der Waals surface area contributed by atoms with Crippen LogP contribution in [0.3, 0.4) is 0 Å². The summed E-state index contributed by atoms with van der Waals surface area (Å²) in [4.78, 5) is 14.7. The van der Waals surface area contributed by atoms with Crippen LogP contribution in [0.1, 0.15) is 38.7 Å². The highest BCUT2D eigenvalue weighted by molar-refractivity contribution is 5.91. The summed E-state index contributed by atoms with van der Waals surface area (Å²) in [6.45, 7) is 6.67. The van der Waals surface area contributed by atoms with E-state index in [9.17, 15) is 4.79 Å². The van der Waals surface area contributed by atoms with Crippen LogP contribution < -0.4 is 10.6 Å². The first-order valence-electron chi connectivity index (χ1n) is 9.33. The molecule has 1 fully saturated rings. The van der Waals surface area contributed by atoms with Crippen LogP contribution in [0, 0.1) is 0 Å². The van der Waals surface area contributed by atoms with Crippen LogP contribution in [0.4, 0.5) is 5.69 Å². The molecule has 0 aliphatic carbocycles. The van der Waals surface area contributed by atoms with Gasteiger partial charge in [-0.2, -0.15) is 0 Å². The largest absolute Gasteiger partial charge is 0.381 e. The Morgan fingerprint density at radius 1 is 1.28 bits per heavy atom. The number of ether oxygens (including phenoxy) is 1. The van der Waals surface area contributed by atoms with Crippen molar-refractivity contribution in [2.75, 3.05) is 39.2 Å². The lowest BCUT2D eigenvalue weighted by Crippen LogP contribution is -2.56. The van der Waals surface area contributed by atoms with E-state index in [0.29, 0.717) is 6.42 Å². The van der Waals surface area contributed by atoms with Gasteiger partial charge in [0.15, 0.2) is 0 Å². The molecule has 1 aliphatic heterocycles. The molecule has 5 nitrogen and oxygen atoms in total. The number of aryl methyl sites for hydroxylation is 1. The van der Waals surface area contributed by atoms with Gasteiger partial charge in [-0.1, -0.05) is 25.1 Å². The predicted octanol–water partition coefficient (Wildman–Crippen LogP) is 2.67. The third-order valence-electron chi connectivity index (χ3n) is 5.32. The van der Waals surface area contributed by atoms with Crippen LogP contribution in [0.15, 0.2) is 24.3 Å². The summed E-state index contributed by atoms with van der Waals surface area (Å²) >= 11 is 0. The minimum Gasteiger partial charge on any atom is -0.381 e. The minimum absolute atomic E-state index is 0.0618. The van der Waals surface area contributed by atoms with E-state index < -0.39 is 0 Å². The number of amides is 1. The van der Waals surface area contributed by atoms with Crippen molar-refractivity contribution in [3.05, 3.63) is 29.8 Å². The number of anilines is 1. The van der Waals surface area contributed by atoms with Gasteiger partial charge >= 0.3 is 0 Å². The third kappa shape index (κ3) is 5.53. The standard InChI is InChI=1S/C20H33N3O2/c1-5-17-8-6-7-9-18(17)22-19(24)14-16(2)21-15-20(23(3)4)10-12-25-13-11-20/h6-9,16,21H,5,10-15H2,1-4H3,(H,22,24)/t16-/m1/s1. The molecule has 0 radical (unpaired) electrons. The lowest BCUT2D eigenvalue weighted by molar-refractivity contribution is -0.116. The molecule has 0 aromatic heterocycles. The van der Waals surface area contributed by atoms with Gasteiger partial charge in [0, 0.05) is 43.4 Å². The highest BCUT2D eigenvalue weighted by atomic mass is 16.5. The molecule has 1 aromatic rings. The van der Waals surface area contributed by atoms with Gasteiger partial charge in [-0.15, -0.1) is 0 Å². The highest BCUT2D eigenvalue weighted by Crippen LogP contribution is 2.25. The summed E-state index contributed by atoms with van der Waals surface area (Å²) in [7, 11) is 4.26. The first-order valence-corrected chi connectivity index (χ1v) is 9.33. The molecule has 0 bridgehead atoms. The highest BCUT2D eigenvalue weighted by Gasteiger charge is 2.34. The molecule has 1 aromatic carbocycles. The summed E-state index contributed by atoms with van der Waals surface area (Å²) in [5, 5.41) is 6.61. The van der Waals surface area contributed by atoms with Gasteiger partial charge in [0.2, 0.25) is 5.91 Å². The molecule has 5 heteroatoms. The van der Waals surface area contributed by atoms with Gasteiger partial charge in [-0.05, 0) is 51.9 Å². The van der Waals surface area contributed by atoms with Crippen molar-refractivity contribution in [1.29, 1.82) is 0 Å². The van der Waals surface area contributed by atoms with Crippen molar-refractivity contribution < 1.29 is 9.53 Å². The molecule has 25 heavy (non-hydrogen) atoms. The van der Waals surface area contributed by atoms with E-state index in [1.807, 2.05) is 18.2 Å². The maximum absolute atomic E-state index is 12.4. The lowest BCUT2D eigenvalue weighted by atomic mass is 9.88. The Morgan fingerprint density at radius 2 is 1.96 bits per heavy atom. The molecule has 140 valence electrons. The van der Waals surface area contributed by atoms with E-state index >= 15 is 0 Å². The normalized spacial score (nSPS) is 18.1. The summed E-state index contributed by atoms with van der Waals surface area (Å²) in [5.41, 5.74) is 2.22. The fourth-order valence-corrected chi connectivity index (χ4v) is 3.40. The molecule has 1 heterocycles. The summed E-state index contributed by atoms with van der Waals surface area (Å²) in [6, 6.07) is 8.13. The average Bonchev–Trinajstić information content (AvgIpc) is 2.61. The SMILES string of the molecule is CCc1ccccc1NC(=O)C[C@@H](C)NCC1(N(C)C)CCOCC1. The van der Waals surface area contributed by atoms with E-state index in [0.717, 1.165) is 44.7 Å². The number of carbonyl (C=O) groups is 1. The third-order valence-corrected chi connectivity index (χ3v) is 5.32. The van der Waals surface area contributed by atoms with E-state index in [-0.39, 0.29) is 17.5 Å². The van der Waals surface area contributed by atoms with Crippen molar-refractivity contribution >= 4 is 11.6 Å². The predicted molar refractivity (Wildman–Crippen MR) is 103 cm³/mol. The molecule has 0 saturated carbocycles. The molecule has 2 rings (SSSR count). The topological polar surface area (TPSA) is 53.6 Å². The average molecular weight is 348 g/mol. The van der Waals surface area contributed by atoms with Crippen LogP contribution in [0.2, 0.25) is 0 Å². The van der Waals surface area contributed by atoms with Gasteiger partial charge in [0.25, 0.3) is 0 Å². The fraction of sp³-hybridized carbons (Fsp3) is 0.650. The van der Waals surface area contributed by atoms with Crippen LogP contribution in [0.25, 0.3) is 0 Å². The number of nitrogens with zero attached hydrogens (tertiary/aromatic N) is 1. The summed E-state index contributed by atoms with van der Waals surface area (Å²) in [6.07, 6.45) is 3.43. The molecule has 1 aliphatic rings. The number of hydrogen-bond acceptors (Lipinski definition) is 4. The minimum atomic E-state index is 0.0618. The molecule has 1 atom stereocenters. The van der Waals surface area contributed by atoms with Gasteiger partial charge in [-0.25, -0.2) is 0 Å². The molecule has 2 N–H and O–H groups in total. The summed E-state index contributed by atoms with van der Waals surface area (Å²) in [5.74, 6) is 0.0618. The van der Waals surface area contributed by atoms with Crippen LogP contribution in [0.5, 0.6) is 0 Å². The van der Waals surface area contributed by atoms with E-state index in [1.165, 1.54) is 5.56 Å². The monoisotopic (exact) mass is 347 g/mol. The Bertz CT molecular complexity index is 554. The number of nitrogens with one attached hydrogen (secondary N) is 2. The molecule has 1 amide bonds. The molecular formula is C20H33N3O2. The van der Waals surface area contributed by atoms with Gasteiger partial charge in [-0.3, -0.25) is 4.79 Å². The Balaban J connectivity index is 1.84. The van der Waals surface area contributed by atoms with Crippen molar-refractivity contribution in [3.63, 3.8) is 0 Å². The number of hydrogen-bond donors (Lipinski definition) is 2. The molecule has 0 unspecified atom stereocenters. The van der Waals surface area contributed by atoms with E-state index in [1.54, 1.807) is 0 Å². The van der Waals surface area contributed by atoms with Crippen molar-refractivity contribution in [3.8, 4) is 0 Å². The van der Waals surface area contributed by atoms with Gasteiger partial charge in [0.1, 0.15) is 0 Å². The molecular weight excluding hydrogens is 314 g/mol. The quantitative estimate of drug-likeness (QED) is 0.759. The Kier molecular flexibility index (Phi) is 7.41. The smallest absolute Gasteiger partial charge is 0.225 e. The van der Waals surface area contributed by atoms with Crippen LogP contribution in [-0.4, -0.2) is 56.2 Å². The van der Waals surface area contributed by atoms with Crippen molar-refractivity contribution in [2.24, 2.45) is 0 Å². The number of para-hydroxylation sites is 1. The Morgan fingerprint density at radius 3 is 2.60 bits per heavy atom. The van der Waals surface area contributed by atoms with Crippen molar-refractivity contribution in [1.82, 2.24) is 10.2 Å². The second-order valence-electron chi connectivity index (χ2n) is 7.28. The summed E-state index contributed by atoms with van der Waals surface area (Å²) < 4.78 is 5.52.